The van der Waals surface area contributed by atoms with Gasteiger partial charge in [-0.1, -0.05) is 48.2 Å². The molecule has 0 saturated carbocycles. The number of nitrogens with one attached hydrogen (secondary N) is 2. The van der Waals surface area contributed by atoms with Gasteiger partial charge in [-0.25, -0.2) is 0 Å². The van der Waals surface area contributed by atoms with E-state index in [2.05, 4.69) is 10.6 Å². The van der Waals surface area contributed by atoms with Crippen LogP contribution in [0.2, 0.25) is 0 Å². The molecule has 0 aromatic heterocycles. The van der Waals surface area contributed by atoms with Crippen molar-refractivity contribution in [2.24, 2.45) is 0 Å². The van der Waals surface area contributed by atoms with E-state index in [1.165, 1.54) is 11.8 Å². The minimum Gasteiger partial charge on any atom is -0.493 e. The van der Waals surface area contributed by atoms with E-state index in [0.717, 1.165) is 16.0 Å². The first-order valence-electron chi connectivity index (χ1n) is 10.5. The highest BCUT2D eigenvalue weighted by atomic mass is 32.2. The average molecular weight is 461 g/mol. The predicted molar refractivity (Wildman–Crippen MR) is 131 cm³/mol. The molecule has 7 heteroatoms. The number of amides is 2. The minimum absolute atomic E-state index is 0.178. The molecule has 0 bridgehead atoms. The smallest absolute Gasteiger partial charge is 0.262 e. The molecule has 2 amide bonds. The van der Waals surface area contributed by atoms with Crippen LogP contribution in [0.3, 0.4) is 0 Å². The van der Waals surface area contributed by atoms with E-state index >= 15 is 0 Å². The standard InChI is InChI=1S/C26H24N2O4S/c1-31-21-10-8-18(14-22(21)32-2)12-13-27-25(29)19-9-11-23-20(16-19)28-26(30)24(33-23)15-17-6-4-3-5-7-17/h3-11,14-16H,12-13H2,1-2H3,(H,27,29)(H,28,30). The second-order valence-electron chi connectivity index (χ2n) is 7.38. The van der Waals surface area contributed by atoms with Gasteiger partial charge in [-0.3, -0.25) is 9.59 Å². The molecular weight excluding hydrogens is 436 g/mol. The van der Waals surface area contributed by atoms with Crippen LogP contribution < -0.4 is 20.1 Å². The quantitative estimate of drug-likeness (QED) is 0.497. The average Bonchev–Trinajstić information content (AvgIpc) is 2.84. The van der Waals surface area contributed by atoms with Gasteiger partial charge >= 0.3 is 0 Å². The van der Waals surface area contributed by atoms with Crippen molar-refractivity contribution in [1.29, 1.82) is 0 Å². The fourth-order valence-electron chi connectivity index (χ4n) is 3.46. The molecule has 33 heavy (non-hydrogen) atoms. The summed E-state index contributed by atoms with van der Waals surface area (Å²) in [6.45, 7) is 0.469. The Morgan fingerprint density at radius 1 is 1.00 bits per heavy atom. The topological polar surface area (TPSA) is 76.7 Å². The number of anilines is 1. The molecule has 4 rings (SSSR count). The lowest BCUT2D eigenvalue weighted by molar-refractivity contribution is -0.112. The van der Waals surface area contributed by atoms with Crippen LogP contribution in [0.25, 0.3) is 6.08 Å². The zero-order valence-corrected chi connectivity index (χ0v) is 19.2. The Bertz CT molecular complexity index is 1210. The van der Waals surface area contributed by atoms with Crippen molar-refractivity contribution in [3.63, 3.8) is 0 Å². The number of ether oxygens (including phenoxy) is 2. The van der Waals surface area contributed by atoms with Crippen molar-refractivity contribution in [1.82, 2.24) is 5.32 Å². The molecule has 3 aromatic rings. The zero-order valence-electron chi connectivity index (χ0n) is 18.4. The van der Waals surface area contributed by atoms with Gasteiger partial charge in [0, 0.05) is 17.0 Å². The van der Waals surface area contributed by atoms with Crippen LogP contribution in [0.1, 0.15) is 21.5 Å². The Labute approximate surface area is 197 Å². The maximum atomic E-state index is 12.6. The summed E-state index contributed by atoms with van der Waals surface area (Å²) in [6, 6.07) is 20.7. The van der Waals surface area contributed by atoms with Gasteiger partial charge in [0.25, 0.3) is 11.8 Å². The van der Waals surface area contributed by atoms with Gasteiger partial charge in [-0.15, -0.1) is 0 Å². The molecule has 1 aliphatic heterocycles. The molecule has 168 valence electrons. The van der Waals surface area contributed by atoms with Gasteiger partial charge in [0.2, 0.25) is 0 Å². The summed E-state index contributed by atoms with van der Waals surface area (Å²) < 4.78 is 10.6. The molecule has 1 aliphatic rings. The van der Waals surface area contributed by atoms with Crippen LogP contribution in [0.4, 0.5) is 5.69 Å². The van der Waals surface area contributed by atoms with E-state index in [0.29, 0.717) is 40.6 Å². The molecule has 0 saturated heterocycles. The van der Waals surface area contributed by atoms with E-state index in [1.807, 2.05) is 60.7 Å². The van der Waals surface area contributed by atoms with Crippen molar-refractivity contribution in [3.05, 3.63) is 88.3 Å². The lowest BCUT2D eigenvalue weighted by Crippen LogP contribution is -2.26. The Balaban J connectivity index is 1.39. The Morgan fingerprint density at radius 3 is 2.55 bits per heavy atom. The van der Waals surface area contributed by atoms with Gasteiger partial charge < -0.3 is 20.1 Å². The highest BCUT2D eigenvalue weighted by Crippen LogP contribution is 2.39. The minimum atomic E-state index is -0.192. The second-order valence-corrected chi connectivity index (χ2v) is 8.47. The number of benzene rings is 3. The van der Waals surface area contributed by atoms with E-state index in [1.54, 1.807) is 26.4 Å². The van der Waals surface area contributed by atoms with Gasteiger partial charge in [-0.2, -0.15) is 0 Å². The van der Waals surface area contributed by atoms with Crippen molar-refractivity contribution in [2.45, 2.75) is 11.3 Å². The molecule has 1 heterocycles. The van der Waals surface area contributed by atoms with Gasteiger partial charge in [-0.05, 0) is 54.0 Å². The molecule has 0 radical (unpaired) electrons. The molecule has 0 atom stereocenters. The number of carbonyl (C=O) groups excluding carboxylic acids is 2. The molecule has 6 nitrogen and oxygen atoms in total. The van der Waals surface area contributed by atoms with Crippen LogP contribution in [-0.2, 0) is 11.2 Å². The molecule has 0 spiro atoms. The first kappa shape index (κ1) is 22.5. The molecular formula is C26H24N2O4S. The summed E-state index contributed by atoms with van der Waals surface area (Å²) in [7, 11) is 3.19. The normalized spacial score (nSPS) is 13.8. The Hall–Kier alpha value is -3.71. The second kappa shape index (κ2) is 10.3. The third-order valence-corrected chi connectivity index (χ3v) is 6.28. The van der Waals surface area contributed by atoms with E-state index in [4.69, 9.17) is 9.47 Å². The van der Waals surface area contributed by atoms with Gasteiger partial charge in [0.05, 0.1) is 24.8 Å². The van der Waals surface area contributed by atoms with Crippen LogP contribution in [0, 0.1) is 0 Å². The van der Waals surface area contributed by atoms with E-state index < -0.39 is 0 Å². The summed E-state index contributed by atoms with van der Waals surface area (Å²) in [5.74, 6) is 0.955. The predicted octanol–water partition coefficient (Wildman–Crippen LogP) is 4.76. The summed E-state index contributed by atoms with van der Waals surface area (Å²) in [5, 5.41) is 5.83. The Morgan fingerprint density at radius 2 is 1.79 bits per heavy atom. The van der Waals surface area contributed by atoms with Gasteiger partial charge in [0.15, 0.2) is 11.5 Å². The SMILES string of the molecule is COc1ccc(CCNC(=O)c2ccc3c(c2)NC(=O)C(=Cc2ccccc2)S3)cc1OC. The third-order valence-electron chi connectivity index (χ3n) is 5.18. The fraction of sp³-hybridized carbons (Fsp3) is 0.154. The fourth-order valence-corrected chi connectivity index (χ4v) is 4.39. The third kappa shape index (κ3) is 5.38. The molecule has 3 aromatic carbocycles. The summed E-state index contributed by atoms with van der Waals surface area (Å²) in [5.41, 5.74) is 3.13. The van der Waals surface area contributed by atoms with E-state index in [-0.39, 0.29) is 11.8 Å². The van der Waals surface area contributed by atoms with Crippen LogP contribution in [0.15, 0.2) is 76.5 Å². The molecule has 0 aliphatic carbocycles. The summed E-state index contributed by atoms with van der Waals surface area (Å²) in [4.78, 5) is 26.7. The molecule has 2 N–H and O–H groups in total. The number of carbonyl (C=O) groups is 2. The largest absolute Gasteiger partial charge is 0.493 e. The van der Waals surface area contributed by atoms with Crippen LogP contribution in [-0.4, -0.2) is 32.6 Å². The van der Waals surface area contributed by atoms with Crippen molar-refractivity contribution in [2.75, 3.05) is 26.1 Å². The molecule has 0 unspecified atom stereocenters. The number of methoxy groups -OCH3 is 2. The lowest BCUT2D eigenvalue weighted by Gasteiger charge is -2.19. The van der Waals surface area contributed by atoms with Crippen molar-refractivity contribution in [3.8, 4) is 11.5 Å². The lowest BCUT2D eigenvalue weighted by atomic mass is 10.1. The summed E-state index contributed by atoms with van der Waals surface area (Å²) in [6.07, 6.45) is 2.51. The maximum absolute atomic E-state index is 12.6. The molecule has 0 fully saturated rings. The highest BCUT2D eigenvalue weighted by Gasteiger charge is 2.22. The number of thioether (sulfide) groups is 1. The first-order valence-corrected chi connectivity index (χ1v) is 11.3. The number of fused-ring (bicyclic) bond motifs is 1. The number of hydrogen-bond acceptors (Lipinski definition) is 5. The number of hydrogen-bond donors (Lipinski definition) is 2. The van der Waals surface area contributed by atoms with Crippen molar-refractivity contribution >= 4 is 35.3 Å². The number of rotatable bonds is 7. The van der Waals surface area contributed by atoms with Crippen LogP contribution >= 0.6 is 11.8 Å². The maximum Gasteiger partial charge on any atom is 0.262 e. The first-order chi connectivity index (χ1) is 16.1. The summed E-state index contributed by atoms with van der Waals surface area (Å²) >= 11 is 1.40. The van der Waals surface area contributed by atoms with Gasteiger partial charge in [0.1, 0.15) is 0 Å². The Kier molecular flexibility index (Phi) is 7.00. The monoisotopic (exact) mass is 460 g/mol. The zero-order chi connectivity index (χ0) is 23.2. The highest BCUT2D eigenvalue weighted by molar-refractivity contribution is 8.04. The van der Waals surface area contributed by atoms with Crippen LogP contribution in [0.5, 0.6) is 11.5 Å². The van der Waals surface area contributed by atoms with E-state index in [9.17, 15) is 9.59 Å². The van der Waals surface area contributed by atoms with Crippen molar-refractivity contribution < 1.29 is 19.1 Å².